The molecule has 1 unspecified atom stereocenters. The van der Waals surface area contributed by atoms with Gasteiger partial charge in [0, 0.05) is 17.2 Å². The molecule has 2 nitrogen and oxygen atoms in total. The summed E-state index contributed by atoms with van der Waals surface area (Å²) in [6.45, 7) is 0. The van der Waals surface area contributed by atoms with Crippen LogP contribution in [0.25, 0.3) is 0 Å². The van der Waals surface area contributed by atoms with E-state index in [1.165, 1.54) is 0 Å². The van der Waals surface area contributed by atoms with Crippen molar-refractivity contribution in [2.24, 2.45) is 0 Å². The van der Waals surface area contributed by atoms with Gasteiger partial charge in [0.25, 0.3) is 0 Å². The van der Waals surface area contributed by atoms with Crippen molar-refractivity contribution in [3.63, 3.8) is 0 Å². The smallest absolute Gasteiger partial charge is 0.136 e. The van der Waals surface area contributed by atoms with Crippen LogP contribution in [0, 0.1) is 0 Å². The molecule has 0 amide bonds. The van der Waals surface area contributed by atoms with Gasteiger partial charge in [-0.05, 0) is 24.4 Å². The minimum atomic E-state index is -2.21. The predicted octanol–water partition coefficient (Wildman–Crippen LogP) is 2.17. The fourth-order valence-corrected chi connectivity index (χ4v) is 3.87. The first-order valence-corrected chi connectivity index (χ1v) is 6.29. The predicted molar refractivity (Wildman–Crippen MR) is 56.7 cm³/mol. The molecule has 0 saturated heterocycles. The summed E-state index contributed by atoms with van der Waals surface area (Å²) in [6, 6.07) is 7.38. The number of anilines is 1. The van der Waals surface area contributed by atoms with Gasteiger partial charge in [-0.3, -0.25) is 0 Å². The van der Waals surface area contributed by atoms with Crippen molar-refractivity contribution < 1.29 is 4.57 Å². The highest BCUT2D eigenvalue weighted by Gasteiger charge is 2.23. The number of nitrogen functional groups attached to an aromatic ring is 1. The van der Waals surface area contributed by atoms with Crippen molar-refractivity contribution in [1.29, 1.82) is 0 Å². The van der Waals surface area contributed by atoms with Gasteiger partial charge >= 0.3 is 0 Å². The highest BCUT2D eigenvalue weighted by atomic mass is 31.2. The number of hydrogen-bond acceptors (Lipinski definition) is 2. The van der Waals surface area contributed by atoms with Gasteiger partial charge in [0.15, 0.2) is 0 Å². The molecule has 0 saturated carbocycles. The summed E-state index contributed by atoms with van der Waals surface area (Å²) in [5.41, 5.74) is 6.33. The minimum absolute atomic E-state index is 0.688. The van der Waals surface area contributed by atoms with Crippen molar-refractivity contribution in [2.75, 3.05) is 11.9 Å². The molecule has 0 bridgehead atoms. The van der Waals surface area contributed by atoms with Crippen LogP contribution in [0.2, 0.25) is 0 Å². The molecule has 1 heterocycles. The first-order valence-electron chi connectivity index (χ1n) is 4.33. The Morgan fingerprint density at radius 3 is 2.85 bits per heavy atom. The number of rotatable bonds is 1. The van der Waals surface area contributed by atoms with E-state index in [4.69, 9.17) is 5.73 Å². The van der Waals surface area contributed by atoms with Gasteiger partial charge in [0.2, 0.25) is 0 Å². The monoisotopic (exact) mass is 193 g/mol. The molecule has 1 atom stereocenters. The molecule has 1 aromatic carbocycles. The van der Waals surface area contributed by atoms with Crippen molar-refractivity contribution in [3.05, 3.63) is 36.2 Å². The van der Waals surface area contributed by atoms with Gasteiger partial charge in [0.1, 0.15) is 7.14 Å². The number of hydrogen-bond donors (Lipinski definition) is 1. The van der Waals surface area contributed by atoms with Crippen LogP contribution in [0.15, 0.2) is 36.2 Å². The second kappa shape index (κ2) is 3.04. The van der Waals surface area contributed by atoms with Crippen LogP contribution in [0.4, 0.5) is 5.69 Å². The van der Waals surface area contributed by atoms with E-state index in [0.29, 0.717) is 5.69 Å². The van der Waals surface area contributed by atoms with Crippen molar-refractivity contribution in [3.8, 4) is 0 Å². The van der Waals surface area contributed by atoms with Crippen LogP contribution in [-0.4, -0.2) is 6.16 Å². The summed E-state index contributed by atoms with van der Waals surface area (Å²) >= 11 is 0. The van der Waals surface area contributed by atoms with E-state index in [1.54, 1.807) is 0 Å². The van der Waals surface area contributed by atoms with E-state index in [9.17, 15) is 4.57 Å². The third kappa shape index (κ3) is 1.54. The lowest BCUT2D eigenvalue weighted by atomic mass is 10.3. The normalized spacial score (nSPS) is 26.5. The first kappa shape index (κ1) is 8.58. The van der Waals surface area contributed by atoms with Gasteiger partial charge in [0.05, 0.1) is 0 Å². The molecule has 0 fully saturated rings. The fourth-order valence-electron chi connectivity index (χ4n) is 1.56. The lowest BCUT2D eigenvalue weighted by Gasteiger charge is -2.09. The van der Waals surface area contributed by atoms with Crippen molar-refractivity contribution in [1.82, 2.24) is 0 Å². The summed E-state index contributed by atoms with van der Waals surface area (Å²) in [7, 11) is -2.21. The van der Waals surface area contributed by atoms with Gasteiger partial charge < -0.3 is 10.3 Å². The fraction of sp³-hybridized carbons (Fsp3) is 0.200. The molecule has 0 aliphatic carbocycles. The number of nitrogens with two attached hydrogens (primary N) is 1. The highest BCUT2D eigenvalue weighted by molar-refractivity contribution is 7.74. The van der Waals surface area contributed by atoms with Crippen LogP contribution in [0.3, 0.4) is 0 Å². The van der Waals surface area contributed by atoms with Crippen LogP contribution < -0.4 is 11.0 Å². The van der Waals surface area contributed by atoms with Gasteiger partial charge in [-0.25, -0.2) is 0 Å². The molecule has 2 N–H and O–H groups in total. The Morgan fingerprint density at radius 2 is 2.23 bits per heavy atom. The summed E-state index contributed by atoms with van der Waals surface area (Å²) in [6.07, 6.45) is 3.67. The molecule has 0 aromatic heterocycles. The van der Waals surface area contributed by atoms with Gasteiger partial charge in [-0.1, -0.05) is 18.2 Å². The third-order valence-corrected chi connectivity index (χ3v) is 5.05. The Balaban J connectivity index is 2.46. The summed E-state index contributed by atoms with van der Waals surface area (Å²) < 4.78 is 12.2. The topological polar surface area (TPSA) is 43.1 Å². The molecular weight excluding hydrogens is 181 g/mol. The quantitative estimate of drug-likeness (QED) is 0.548. The van der Waals surface area contributed by atoms with E-state index < -0.39 is 7.14 Å². The van der Waals surface area contributed by atoms with Crippen LogP contribution >= 0.6 is 7.14 Å². The van der Waals surface area contributed by atoms with Crippen LogP contribution in [0.1, 0.15) is 6.42 Å². The van der Waals surface area contributed by atoms with Crippen molar-refractivity contribution >= 4 is 18.1 Å². The Kier molecular flexibility index (Phi) is 2.01. The largest absolute Gasteiger partial charge is 0.399 e. The summed E-state index contributed by atoms with van der Waals surface area (Å²) in [4.78, 5) is 0. The number of benzene rings is 1. The van der Waals surface area contributed by atoms with E-state index >= 15 is 0 Å². The molecule has 0 spiro atoms. The van der Waals surface area contributed by atoms with E-state index in [1.807, 2.05) is 36.2 Å². The maximum atomic E-state index is 12.2. The second-order valence-corrected chi connectivity index (χ2v) is 6.14. The average molecular weight is 193 g/mol. The molecule has 1 aliphatic heterocycles. The lowest BCUT2D eigenvalue weighted by Crippen LogP contribution is -2.04. The number of allylic oxidation sites excluding steroid dienone is 1. The zero-order valence-corrected chi connectivity index (χ0v) is 8.21. The van der Waals surface area contributed by atoms with Crippen LogP contribution in [0.5, 0.6) is 0 Å². The van der Waals surface area contributed by atoms with Gasteiger partial charge in [-0.2, -0.15) is 0 Å². The maximum absolute atomic E-state index is 12.2. The molecule has 2 rings (SSSR count). The minimum Gasteiger partial charge on any atom is -0.399 e. The third-order valence-electron chi connectivity index (χ3n) is 2.28. The maximum Gasteiger partial charge on any atom is 0.136 e. The molecule has 1 aromatic rings. The Hall–Kier alpha value is -1.01. The average Bonchev–Trinajstić information content (AvgIpc) is 2.54. The highest BCUT2D eigenvalue weighted by Crippen LogP contribution is 2.50. The molecular formula is C10H12NOP. The Labute approximate surface area is 77.8 Å². The van der Waals surface area contributed by atoms with Gasteiger partial charge in [-0.15, -0.1) is 0 Å². The summed E-state index contributed by atoms with van der Waals surface area (Å²) in [5.74, 6) is 1.85. The second-order valence-electron chi connectivity index (χ2n) is 3.29. The SMILES string of the molecule is Nc1cccc(P2(=O)C=CCC2)c1. The van der Waals surface area contributed by atoms with E-state index in [0.717, 1.165) is 17.9 Å². The Morgan fingerprint density at radius 1 is 1.38 bits per heavy atom. The first-order chi connectivity index (χ1) is 6.21. The van der Waals surface area contributed by atoms with E-state index in [-0.39, 0.29) is 0 Å². The zero-order valence-electron chi connectivity index (χ0n) is 7.31. The molecule has 1 aliphatic rings. The van der Waals surface area contributed by atoms with E-state index in [2.05, 4.69) is 0 Å². The molecule has 0 radical (unpaired) electrons. The molecule has 13 heavy (non-hydrogen) atoms. The zero-order chi connectivity index (χ0) is 9.31. The summed E-state index contributed by atoms with van der Waals surface area (Å²) in [5, 5.41) is 0.890. The Bertz CT molecular complexity index is 398. The molecule has 3 heteroatoms. The van der Waals surface area contributed by atoms with Crippen LogP contribution in [-0.2, 0) is 4.57 Å². The lowest BCUT2D eigenvalue weighted by molar-refractivity contribution is 0.587. The van der Waals surface area contributed by atoms with Crippen molar-refractivity contribution in [2.45, 2.75) is 6.42 Å². The molecule has 68 valence electrons. The standard InChI is InChI=1S/C10H12NOP/c11-9-4-3-5-10(8-9)13(12)6-1-2-7-13/h1,3-6,8H,2,7,11H2.